The summed E-state index contributed by atoms with van der Waals surface area (Å²) in [5.74, 6) is 0.573. The van der Waals surface area contributed by atoms with Gasteiger partial charge in [0.15, 0.2) is 11.5 Å². The molecule has 0 bridgehead atoms. The molecule has 1 rings (SSSR count). The van der Waals surface area contributed by atoms with E-state index in [1.165, 1.54) is 0 Å². The van der Waals surface area contributed by atoms with Crippen molar-refractivity contribution in [3.05, 3.63) is 11.9 Å². The quantitative estimate of drug-likeness (QED) is 0.679. The number of aromatic nitrogens is 2. The predicted molar refractivity (Wildman–Crippen MR) is 70.0 cm³/mol. The highest BCUT2D eigenvalue weighted by molar-refractivity contribution is 5.97. The van der Waals surface area contributed by atoms with Crippen molar-refractivity contribution in [2.45, 2.75) is 19.4 Å². The topological polar surface area (TPSA) is 73.4 Å². The minimum Gasteiger partial charge on any atom is -0.493 e. The first-order chi connectivity index (χ1) is 8.60. The number of Topliss-reactive ketones (excluding diaryl/α,β-unsaturated/α-hetero) is 1. The Morgan fingerprint density at radius 1 is 1.56 bits per heavy atom. The maximum atomic E-state index is 12.1. The molecular weight excluding hydrogens is 232 g/mol. The molecule has 1 aromatic heterocycles. The monoisotopic (exact) mass is 254 g/mol. The van der Waals surface area contributed by atoms with Gasteiger partial charge in [0.05, 0.1) is 19.9 Å². The molecule has 0 atom stereocenters. The molecule has 0 amide bonds. The molecule has 2 N–H and O–H groups in total. The van der Waals surface area contributed by atoms with Gasteiger partial charge in [0.25, 0.3) is 0 Å². The van der Waals surface area contributed by atoms with Gasteiger partial charge in [0.2, 0.25) is 0 Å². The van der Waals surface area contributed by atoms with Gasteiger partial charge in [-0.15, -0.1) is 0 Å². The van der Waals surface area contributed by atoms with E-state index in [4.69, 9.17) is 10.5 Å². The fourth-order valence-corrected chi connectivity index (χ4v) is 1.64. The van der Waals surface area contributed by atoms with E-state index in [1.807, 2.05) is 19.0 Å². The van der Waals surface area contributed by atoms with Gasteiger partial charge in [-0.2, -0.15) is 5.10 Å². The van der Waals surface area contributed by atoms with Crippen LogP contribution >= 0.6 is 0 Å². The van der Waals surface area contributed by atoms with Crippen molar-refractivity contribution in [2.24, 2.45) is 5.73 Å². The zero-order valence-electron chi connectivity index (χ0n) is 11.3. The van der Waals surface area contributed by atoms with Crippen LogP contribution in [0.1, 0.15) is 23.3 Å². The molecule has 0 aliphatic carbocycles. The Kier molecular flexibility index (Phi) is 5.80. The average Bonchev–Trinajstić information content (AvgIpc) is 2.76. The number of rotatable bonds is 8. The third-order valence-electron chi connectivity index (χ3n) is 2.66. The Morgan fingerprint density at radius 3 is 2.83 bits per heavy atom. The van der Waals surface area contributed by atoms with Crippen LogP contribution in [0.15, 0.2) is 6.20 Å². The molecule has 0 aliphatic rings. The van der Waals surface area contributed by atoms with E-state index in [0.717, 1.165) is 6.54 Å². The first-order valence-electron chi connectivity index (χ1n) is 6.08. The molecule has 6 nitrogen and oxygen atoms in total. The van der Waals surface area contributed by atoms with E-state index in [1.54, 1.807) is 18.0 Å². The van der Waals surface area contributed by atoms with Crippen LogP contribution in [0.3, 0.4) is 0 Å². The minimum absolute atomic E-state index is 0.0357. The molecule has 18 heavy (non-hydrogen) atoms. The van der Waals surface area contributed by atoms with Crippen LogP contribution < -0.4 is 10.5 Å². The van der Waals surface area contributed by atoms with E-state index >= 15 is 0 Å². The molecule has 1 heterocycles. The summed E-state index contributed by atoms with van der Waals surface area (Å²) in [6.07, 6.45) is 2.70. The number of carbonyl (C=O) groups is 1. The van der Waals surface area contributed by atoms with Crippen LogP contribution in [0.4, 0.5) is 0 Å². The molecule has 0 saturated heterocycles. The summed E-state index contributed by atoms with van der Waals surface area (Å²) < 4.78 is 6.89. The lowest BCUT2D eigenvalue weighted by atomic mass is 10.1. The molecule has 6 heteroatoms. The fraction of sp³-hybridized carbons (Fsp3) is 0.667. The lowest BCUT2D eigenvalue weighted by Gasteiger charge is -2.12. The number of carbonyl (C=O) groups excluding carboxylic acids is 1. The van der Waals surface area contributed by atoms with Crippen molar-refractivity contribution >= 4 is 5.78 Å². The van der Waals surface area contributed by atoms with Crippen LogP contribution in [0, 0.1) is 0 Å². The molecule has 0 spiro atoms. The predicted octanol–water partition coefficient (Wildman–Crippen LogP) is 0.375. The number of hydrogen-bond acceptors (Lipinski definition) is 5. The number of ketones is 1. The molecule has 1 aromatic rings. The highest BCUT2D eigenvalue weighted by atomic mass is 16.5. The summed E-state index contributed by atoms with van der Waals surface area (Å²) in [4.78, 5) is 14.1. The lowest BCUT2D eigenvalue weighted by molar-refractivity contribution is 0.0966. The number of likely N-dealkylation sites (N-methyl/N-ethyl adjacent to an activating group) is 1. The molecule has 102 valence electrons. The van der Waals surface area contributed by atoms with Crippen LogP contribution in [0.5, 0.6) is 5.75 Å². The highest BCUT2D eigenvalue weighted by Crippen LogP contribution is 2.19. The van der Waals surface area contributed by atoms with Crippen molar-refractivity contribution in [1.29, 1.82) is 0 Å². The molecule has 0 aliphatic heterocycles. The summed E-state index contributed by atoms with van der Waals surface area (Å²) in [5, 5.41) is 4.20. The summed E-state index contributed by atoms with van der Waals surface area (Å²) in [6.45, 7) is 2.00. The van der Waals surface area contributed by atoms with Gasteiger partial charge >= 0.3 is 0 Å². The second-order valence-electron chi connectivity index (χ2n) is 4.40. The van der Waals surface area contributed by atoms with Gasteiger partial charge in [0, 0.05) is 13.0 Å². The van der Waals surface area contributed by atoms with Gasteiger partial charge in [-0.05, 0) is 27.1 Å². The first kappa shape index (κ1) is 14.7. The van der Waals surface area contributed by atoms with Crippen LogP contribution in [-0.4, -0.2) is 54.8 Å². The van der Waals surface area contributed by atoms with Crippen molar-refractivity contribution in [1.82, 2.24) is 14.7 Å². The summed E-state index contributed by atoms with van der Waals surface area (Å²) in [5.41, 5.74) is 5.97. The Labute approximate surface area is 108 Å². The first-order valence-corrected chi connectivity index (χ1v) is 6.08. The maximum Gasteiger partial charge on any atom is 0.184 e. The molecule has 0 fully saturated rings. The fourth-order valence-electron chi connectivity index (χ4n) is 1.64. The molecule has 0 unspecified atom stereocenters. The number of nitrogens with zero attached hydrogens (tertiary/aromatic N) is 3. The minimum atomic E-state index is 0.0357. The van der Waals surface area contributed by atoms with Gasteiger partial charge in [-0.3, -0.25) is 9.48 Å². The number of hydrogen-bond donors (Lipinski definition) is 1. The molecule has 0 radical (unpaired) electrons. The molecular formula is C12H22N4O2. The van der Waals surface area contributed by atoms with Crippen LogP contribution in [-0.2, 0) is 6.54 Å². The second kappa shape index (κ2) is 7.13. The Hall–Kier alpha value is -1.40. The third-order valence-corrected chi connectivity index (χ3v) is 2.66. The Bertz CT molecular complexity index is 387. The normalized spacial score (nSPS) is 10.9. The number of ether oxygens (including phenoxy) is 1. The van der Waals surface area contributed by atoms with E-state index < -0.39 is 0 Å². The number of methoxy groups -OCH3 is 1. The van der Waals surface area contributed by atoms with E-state index in [-0.39, 0.29) is 5.78 Å². The van der Waals surface area contributed by atoms with Crippen LogP contribution in [0.25, 0.3) is 0 Å². The smallest absolute Gasteiger partial charge is 0.184 e. The zero-order valence-corrected chi connectivity index (χ0v) is 11.3. The second-order valence-corrected chi connectivity index (χ2v) is 4.40. The van der Waals surface area contributed by atoms with Gasteiger partial charge in [-0.25, -0.2) is 0 Å². The summed E-state index contributed by atoms with van der Waals surface area (Å²) >= 11 is 0. The van der Waals surface area contributed by atoms with Crippen molar-refractivity contribution < 1.29 is 9.53 Å². The van der Waals surface area contributed by atoms with Gasteiger partial charge < -0.3 is 15.4 Å². The van der Waals surface area contributed by atoms with Crippen LogP contribution in [0.2, 0.25) is 0 Å². The summed E-state index contributed by atoms with van der Waals surface area (Å²) in [6, 6.07) is 0. The zero-order chi connectivity index (χ0) is 13.5. The van der Waals surface area contributed by atoms with E-state index in [9.17, 15) is 4.79 Å². The SMILES string of the molecule is COc1cnn(CCN(C)C)c1C(=O)CCCN. The average molecular weight is 254 g/mol. The van der Waals surface area contributed by atoms with Crippen molar-refractivity contribution in [3.63, 3.8) is 0 Å². The number of nitrogens with two attached hydrogens (primary N) is 1. The molecule has 0 saturated carbocycles. The lowest BCUT2D eigenvalue weighted by Crippen LogP contribution is -2.21. The Morgan fingerprint density at radius 2 is 2.28 bits per heavy atom. The Balaban J connectivity index is 2.84. The maximum absolute atomic E-state index is 12.1. The van der Waals surface area contributed by atoms with E-state index in [0.29, 0.717) is 37.4 Å². The van der Waals surface area contributed by atoms with Gasteiger partial charge in [0.1, 0.15) is 5.69 Å². The van der Waals surface area contributed by atoms with Crippen molar-refractivity contribution in [2.75, 3.05) is 34.3 Å². The van der Waals surface area contributed by atoms with Crippen molar-refractivity contribution in [3.8, 4) is 5.75 Å². The third kappa shape index (κ3) is 3.82. The van der Waals surface area contributed by atoms with Gasteiger partial charge in [-0.1, -0.05) is 0 Å². The summed E-state index contributed by atoms with van der Waals surface area (Å²) in [7, 11) is 5.51. The molecule has 0 aromatic carbocycles. The van der Waals surface area contributed by atoms with E-state index in [2.05, 4.69) is 5.10 Å². The standard InChI is InChI=1S/C12H22N4O2/c1-15(2)7-8-16-12(10(17)5-4-6-13)11(18-3)9-14-16/h9H,4-8,13H2,1-3H3. The highest BCUT2D eigenvalue weighted by Gasteiger charge is 2.18. The largest absolute Gasteiger partial charge is 0.493 e.